The highest BCUT2D eigenvalue weighted by Gasteiger charge is 2.21. The van der Waals surface area contributed by atoms with Gasteiger partial charge in [0.25, 0.3) is 5.69 Å². The summed E-state index contributed by atoms with van der Waals surface area (Å²) in [6.45, 7) is 0. The summed E-state index contributed by atoms with van der Waals surface area (Å²) < 4.78 is 0. The van der Waals surface area contributed by atoms with Gasteiger partial charge in [-0.2, -0.15) is 0 Å². The minimum Gasteiger partial charge on any atom is -0.345 e. The summed E-state index contributed by atoms with van der Waals surface area (Å²) in [6.07, 6.45) is 4.95. The van der Waals surface area contributed by atoms with Crippen molar-refractivity contribution in [2.24, 2.45) is 0 Å². The van der Waals surface area contributed by atoms with Crippen LogP contribution in [-0.4, -0.2) is 22.8 Å². The quantitative estimate of drug-likeness (QED) is 0.506. The Labute approximate surface area is 132 Å². The largest absolute Gasteiger partial charge is 0.345 e. The van der Waals surface area contributed by atoms with Crippen molar-refractivity contribution in [1.29, 1.82) is 0 Å². The lowest BCUT2D eigenvalue weighted by molar-refractivity contribution is -0.384. The van der Waals surface area contributed by atoms with E-state index < -0.39 is 16.7 Å². The Bertz CT molecular complexity index is 600. The standard InChI is InChI=1S/C14H16ClN3O4/c15-11-7-6-10(8-12(11)18(21)22)17-14(20)13(19)16-9-4-2-1-3-5-9/h6-9H,1-5H2,(H,16,19)(H,17,20). The molecule has 0 aromatic heterocycles. The van der Waals surface area contributed by atoms with Crippen molar-refractivity contribution in [2.45, 2.75) is 38.1 Å². The van der Waals surface area contributed by atoms with Crippen molar-refractivity contribution in [1.82, 2.24) is 5.32 Å². The normalized spacial score (nSPS) is 15.1. The molecule has 8 heteroatoms. The van der Waals surface area contributed by atoms with E-state index in [1.54, 1.807) is 0 Å². The Balaban J connectivity index is 1.97. The summed E-state index contributed by atoms with van der Waals surface area (Å²) in [7, 11) is 0. The molecule has 1 aliphatic carbocycles. The zero-order valence-corrected chi connectivity index (χ0v) is 12.6. The third kappa shape index (κ3) is 4.17. The monoisotopic (exact) mass is 325 g/mol. The fourth-order valence-electron chi connectivity index (χ4n) is 2.42. The average Bonchev–Trinajstić information content (AvgIpc) is 2.49. The smallest absolute Gasteiger partial charge is 0.313 e. The topological polar surface area (TPSA) is 101 Å². The van der Waals surface area contributed by atoms with Crippen molar-refractivity contribution in [2.75, 3.05) is 5.32 Å². The van der Waals surface area contributed by atoms with Gasteiger partial charge in [0.1, 0.15) is 5.02 Å². The predicted octanol–water partition coefficient (Wildman–Crippen LogP) is 2.64. The Morgan fingerprint density at radius 1 is 1.18 bits per heavy atom. The molecule has 1 aromatic rings. The second kappa shape index (κ2) is 7.22. The number of hydrogen-bond donors (Lipinski definition) is 2. The molecule has 7 nitrogen and oxygen atoms in total. The zero-order chi connectivity index (χ0) is 16.1. The second-order valence-corrected chi connectivity index (χ2v) is 5.59. The van der Waals surface area contributed by atoms with Gasteiger partial charge in [-0.15, -0.1) is 0 Å². The van der Waals surface area contributed by atoms with E-state index in [9.17, 15) is 19.7 Å². The zero-order valence-electron chi connectivity index (χ0n) is 11.8. The summed E-state index contributed by atoms with van der Waals surface area (Å²) in [4.78, 5) is 33.8. The molecule has 2 amide bonds. The van der Waals surface area contributed by atoms with Crippen LogP contribution >= 0.6 is 11.6 Å². The van der Waals surface area contributed by atoms with Crippen LogP contribution < -0.4 is 10.6 Å². The van der Waals surface area contributed by atoms with E-state index in [-0.39, 0.29) is 22.4 Å². The van der Waals surface area contributed by atoms with E-state index in [1.807, 2.05) is 0 Å². The van der Waals surface area contributed by atoms with Crippen LogP contribution in [0.25, 0.3) is 0 Å². The number of carbonyl (C=O) groups is 2. The van der Waals surface area contributed by atoms with Crippen molar-refractivity contribution in [3.63, 3.8) is 0 Å². The maximum atomic E-state index is 11.8. The molecular weight excluding hydrogens is 310 g/mol. The highest BCUT2D eigenvalue weighted by Crippen LogP contribution is 2.27. The van der Waals surface area contributed by atoms with E-state index in [1.165, 1.54) is 12.1 Å². The summed E-state index contributed by atoms with van der Waals surface area (Å²) in [5.74, 6) is -1.58. The van der Waals surface area contributed by atoms with Gasteiger partial charge >= 0.3 is 11.8 Å². The summed E-state index contributed by atoms with van der Waals surface area (Å²) >= 11 is 5.69. The molecule has 0 spiro atoms. The fraction of sp³-hybridized carbons (Fsp3) is 0.429. The molecule has 0 bridgehead atoms. The molecule has 0 atom stereocenters. The lowest BCUT2D eigenvalue weighted by Crippen LogP contribution is -2.42. The lowest BCUT2D eigenvalue weighted by atomic mass is 9.95. The van der Waals surface area contributed by atoms with Crippen molar-refractivity contribution in [3.8, 4) is 0 Å². The van der Waals surface area contributed by atoms with Crippen LogP contribution in [0.1, 0.15) is 32.1 Å². The van der Waals surface area contributed by atoms with Crippen molar-refractivity contribution in [3.05, 3.63) is 33.3 Å². The molecule has 2 N–H and O–H groups in total. The minimum absolute atomic E-state index is 0.0200. The molecule has 0 radical (unpaired) electrons. The number of rotatable bonds is 3. The summed E-state index contributed by atoms with van der Waals surface area (Å²) in [6, 6.07) is 3.84. The van der Waals surface area contributed by atoms with Gasteiger partial charge in [-0.1, -0.05) is 30.9 Å². The molecule has 1 fully saturated rings. The first-order chi connectivity index (χ1) is 10.5. The Morgan fingerprint density at radius 2 is 1.86 bits per heavy atom. The van der Waals surface area contributed by atoms with Gasteiger partial charge in [-0.25, -0.2) is 0 Å². The number of halogens is 1. The van der Waals surface area contributed by atoms with Crippen molar-refractivity contribution < 1.29 is 14.5 Å². The maximum absolute atomic E-state index is 11.8. The molecule has 2 rings (SSSR count). The van der Waals surface area contributed by atoms with Gasteiger partial charge in [0, 0.05) is 17.8 Å². The second-order valence-electron chi connectivity index (χ2n) is 5.19. The molecular formula is C14H16ClN3O4. The third-order valence-corrected chi connectivity index (χ3v) is 3.87. The van der Waals surface area contributed by atoms with Crippen molar-refractivity contribution >= 4 is 34.8 Å². The molecule has 22 heavy (non-hydrogen) atoms. The van der Waals surface area contributed by atoms with Crippen LogP contribution in [0.3, 0.4) is 0 Å². The molecule has 0 aliphatic heterocycles. The number of benzene rings is 1. The number of carbonyl (C=O) groups excluding carboxylic acids is 2. The molecule has 118 valence electrons. The lowest BCUT2D eigenvalue weighted by Gasteiger charge is -2.22. The number of hydrogen-bond acceptors (Lipinski definition) is 4. The van der Waals surface area contributed by atoms with E-state index in [2.05, 4.69) is 10.6 Å². The molecule has 1 saturated carbocycles. The van der Waals surface area contributed by atoms with Crippen LogP contribution in [-0.2, 0) is 9.59 Å². The third-order valence-electron chi connectivity index (χ3n) is 3.55. The fourth-order valence-corrected chi connectivity index (χ4v) is 2.60. The number of nitrogens with zero attached hydrogens (tertiary/aromatic N) is 1. The maximum Gasteiger partial charge on any atom is 0.313 e. The minimum atomic E-state index is -0.845. The van der Waals surface area contributed by atoms with Crippen LogP contribution in [0.15, 0.2) is 18.2 Å². The first-order valence-electron chi connectivity index (χ1n) is 7.03. The van der Waals surface area contributed by atoms with E-state index >= 15 is 0 Å². The predicted molar refractivity (Wildman–Crippen MR) is 81.8 cm³/mol. The Morgan fingerprint density at radius 3 is 2.50 bits per heavy atom. The first kappa shape index (κ1) is 16.2. The highest BCUT2D eigenvalue weighted by molar-refractivity contribution is 6.39. The highest BCUT2D eigenvalue weighted by atomic mass is 35.5. The summed E-state index contributed by atoms with van der Waals surface area (Å²) in [5, 5.41) is 15.8. The van der Waals surface area contributed by atoms with Crippen LogP contribution in [0.2, 0.25) is 5.02 Å². The number of nitro groups is 1. The van der Waals surface area contributed by atoms with Gasteiger partial charge in [0.05, 0.1) is 4.92 Å². The molecule has 1 aromatic carbocycles. The molecule has 0 saturated heterocycles. The molecule has 1 aliphatic rings. The SMILES string of the molecule is O=C(Nc1ccc(Cl)c([N+](=O)[O-])c1)C(=O)NC1CCCCC1. The van der Waals surface area contributed by atoms with Gasteiger partial charge in [-0.05, 0) is 25.0 Å². The first-order valence-corrected chi connectivity index (χ1v) is 7.41. The number of nitrogens with one attached hydrogen (secondary N) is 2. The van der Waals surface area contributed by atoms with Gasteiger partial charge in [0.2, 0.25) is 0 Å². The van der Waals surface area contributed by atoms with Crippen LogP contribution in [0.5, 0.6) is 0 Å². The Kier molecular flexibility index (Phi) is 5.32. The number of anilines is 1. The van der Waals surface area contributed by atoms with Crippen LogP contribution in [0, 0.1) is 10.1 Å². The molecule has 0 heterocycles. The summed E-state index contributed by atoms with van der Waals surface area (Å²) in [5.41, 5.74) is -0.174. The van der Waals surface area contributed by atoms with E-state index in [4.69, 9.17) is 11.6 Å². The van der Waals surface area contributed by atoms with Gasteiger partial charge < -0.3 is 10.6 Å². The average molecular weight is 326 g/mol. The van der Waals surface area contributed by atoms with E-state index in [0.717, 1.165) is 38.2 Å². The van der Waals surface area contributed by atoms with Crippen LogP contribution in [0.4, 0.5) is 11.4 Å². The molecule has 0 unspecified atom stereocenters. The number of amides is 2. The van der Waals surface area contributed by atoms with E-state index in [0.29, 0.717) is 0 Å². The van der Waals surface area contributed by atoms with Gasteiger partial charge in [0.15, 0.2) is 0 Å². The van der Waals surface area contributed by atoms with Gasteiger partial charge in [-0.3, -0.25) is 19.7 Å². The number of nitro benzene ring substituents is 1. The Hall–Kier alpha value is -2.15.